The number of carboxylic acids is 1. The number of nitrogen functional groups attached to an aromatic ring is 1. The predicted octanol–water partition coefficient (Wildman–Crippen LogP) is 2.63. The highest BCUT2D eigenvalue weighted by atomic mass is 32.2. The minimum Gasteiger partial charge on any atom is -0.478 e. The van der Waals surface area contributed by atoms with Gasteiger partial charge in [0.05, 0.1) is 16.9 Å². The van der Waals surface area contributed by atoms with Crippen LogP contribution in [0.1, 0.15) is 10.4 Å². The van der Waals surface area contributed by atoms with Crippen molar-refractivity contribution >= 4 is 29.1 Å². The molecule has 1 aromatic carbocycles. The van der Waals surface area contributed by atoms with Gasteiger partial charge in [0.2, 0.25) is 0 Å². The van der Waals surface area contributed by atoms with E-state index in [2.05, 4.69) is 5.32 Å². The lowest BCUT2D eigenvalue weighted by Crippen LogP contribution is -2.11. The normalized spacial score (nSPS) is 11.3. The Labute approximate surface area is 105 Å². The predicted molar refractivity (Wildman–Crippen MR) is 64.8 cm³/mol. The van der Waals surface area contributed by atoms with Gasteiger partial charge in [-0.05, 0) is 30.0 Å². The standard InChI is InChI=1S/C10H11F3N2O2S/c11-10(12,13)18-4-3-15-8-5-6(9(16)17)1-2-7(8)14/h1-2,5,15H,3-4,14H2,(H,16,17). The lowest BCUT2D eigenvalue weighted by Gasteiger charge is -2.10. The van der Waals surface area contributed by atoms with Crippen molar-refractivity contribution < 1.29 is 23.1 Å². The molecule has 0 aromatic heterocycles. The smallest absolute Gasteiger partial charge is 0.441 e. The molecule has 8 heteroatoms. The number of rotatable bonds is 5. The van der Waals surface area contributed by atoms with E-state index >= 15 is 0 Å². The molecule has 0 amide bonds. The molecule has 18 heavy (non-hydrogen) atoms. The fourth-order valence-corrected chi connectivity index (χ4v) is 1.63. The van der Waals surface area contributed by atoms with Crippen LogP contribution < -0.4 is 11.1 Å². The molecule has 0 fully saturated rings. The molecule has 0 heterocycles. The van der Waals surface area contributed by atoms with E-state index in [0.29, 0.717) is 5.69 Å². The Morgan fingerprint density at radius 3 is 2.67 bits per heavy atom. The number of hydrogen-bond donors (Lipinski definition) is 3. The number of hydrogen-bond acceptors (Lipinski definition) is 4. The number of anilines is 2. The van der Waals surface area contributed by atoms with Gasteiger partial charge in [0.15, 0.2) is 0 Å². The zero-order valence-corrected chi connectivity index (χ0v) is 9.94. The van der Waals surface area contributed by atoms with Crippen LogP contribution in [-0.2, 0) is 0 Å². The second kappa shape index (κ2) is 5.85. The summed E-state index contributed by atoms with van der Waals surface area (Å²) in [7, 11) is 0. The summed E-state index contributed by atoms with van der Waals surface area (Å²) in [4.78, 5) is 10.7. The number of halogens is 3. The Kier molecular flexibility index (Phi) is 4.71. The summed E-state index contributed by atoms with van der Waals surface area (Å²) in [5.41, 5.74) is 1.93. The first-order valence-electron chi connectivity index (χ1n) is 4.87. The highest BCUT2D eigenvalue weighted by Crippen LogP contribution is 2.30. The average Bonchev–Trinajstić information content (AvgIpc) is 2.24. The van der Waals surface area contributed by atoms with Crippen molar-refractivity contribution in [1.29, 1.82) is 0 Å². The molecule has 0 aliphatic heterocycles. The number of alkyl halides is 3. The van der Waals surface area contributed by atoms with Crippen LogP contribution in [0.25, 0.3) is 0 Å². The molecule has 0 spiro atoms. The molecule has 0 unspecified atom stereocenters. The van der Waals surface area contributed by atoms with Crippen LogP contribution in [0, 0.1) is 0 Å². The van der Waals surface area contributed by atoms with Gasteiger partial charge in [0.25, 0.3) is 0 Å². The van der Waals surface area contributed by atoms with E-state index in [4.69, 9.17) is 10.8 Å². The van der Waals surface area contributed by atoms with Crippen molar-refractivity contribution in [3.8, 4) is 0 Å². The van der Waals surface area contributed by atoms with Crippen LogP contribution in [0.5, 0.6) is 0 Å². The van der Waals surface area contributed by atoms with Crippen LogP contribution in [0.3, 0.4) is 0 Å². The summed E-state index contributed by atoms with van der Waals surface area (Å²) in [6.45, 7) is 0.0391. The summed E-state index contributed by atoms with van der Waals surface area (Å²) in [6.07, 6.45) is 0. The number of aromatic carboxylic acids is 1. The maximum Gasteiger partial charge on any atom is 0.441 e. The average molecular weight is 280 g/mol. The third-order valence-corrected chi connectivity index (χ3v) is 2.72. The molecule has 100 valence electrons. The van der Waals surface area contributed by atoms with Crippen molar-refractivity contribution in [1.82, 2.24) is 0 Å². The molecule has 0 bridgehead atoms. The van der Waals surface area contributed by atoms with Crippen molar-refractivity contribution in [3.05, 3.63) is 23.8 Å². The van der Waals surface area contributed by atoms with Gasteiger partial charge in [-0.3, -0.25) is 0 Å². The topological polar surface area (TPSA) is 75.4 Å². The Bertz CT molecular complexity index is 438. The first-order chi connectivity index (χ1) is 8.29. The molecule has 4 nitrogen and oxygen atoms in total. The Balaban J connectivity index is 2.56. The first-order valence-corrected chi connectivity index (χ1v) is 5.85. The van der Waals surface area contributed by atoms with Crippen LogP contribution in [0.4, 0.5) is 24.5 Å². The number of benzene rings is 1. The molecular formula is C10H11F3N2O2S. The number of carbonyl (C=O) groups is 1. The van der Waals surface area contributed by atoms with Crippen LogP contribution in [-0.4, -0.2) is 28.9 Å². The maximum atomic E-state index is 11.9. The third-order valence-electron chi connectivity index (χ3n) is 1.98. The highest BCUT2D eigenvalue weighted by Gasteiger charge is 2.27. The monoisotopic (exact) mass is 280 g/mol. The fraction of sp³-hybridized carbons (Fsp3) is 0.300. The SMILES string of the molecule is Nc1ccc(C(=O)O)cc1NCCSC(F)(F)F. The number of thioether (sulfide) groups is 1. The summed E-state index contributed by atoms with van der Waals surface area (Å²) >= 11 is -0.150. The van der Waals surface area contributed by atoms with Gasteiger partial charge in [0.1, 0.15) is 0 Å². The quantitative estimate of drug-likeness (QED) is 0.571. The lowest BCUT2D eigenvalue weighted by atomic mass is 10.2. The fourth-order valence-electron chi connectivity index (χ4n) is 1.19. The van der Waals surface area contributed by atoms with Crippen molar-refractivity contribution in [2.45, 2.75) is 5.51 Å². The molecule has 0 saturated heterocycles. The maximum absolute atomic E-state index is 11.9. The van der Waals surface area contributed by atoms with Crippen molar-refractivity contribution in [2.24, 2.45) is 0 Å². The lowest BCUT2D eigenvalue weighted by molar-refractivity contribution is -0.0327. The van der Waals surface area contributed by atoms with E-state index in [1.54, 1.807) is 0 Å². The van der Waals surface area contributed by atoms with E-state index in [0.717, 1.165) is 0 Å². The highest BCUT2D eigenvalue weighted by molar-refractivity contribution is 8.00. The van der Waals surface area contributed by atoms with Crippen molar-refractivity contribution in [3.63, 3.8) is 0 Å². The molecule has 1 aromatic rings. The van der Waals surface area contributed by atoms with E-state index in [1.165, 1.54) is 18.2 Å². The molecular weight excluding hydrogens is 269 g/mol. The second-order valence-electron chi connectivity index (χ2n) is 3.33. The van der Waals surface area contributed by atoms with E-state index in [1.807, 2.05) is 0 Å². The summed E-state index contributed by atoms with van der Waals surface area (Å²) in [5, 5.41) is 11.4. The number of nitrogens with one attached hydrogen (secondary N) is 1. The zero-order chi connectivity index (χ0) is 13.8. The largest absolute Gasteiger partial charge is 0.478 e. The second-order valence-corrected chi connectivity index (χ2v) is 4.49. The van der Waals surface area contributed by atoms with Crippen LogP contribution >= 0.6 is 11.8 Å². The van der Waals surface area contributed by atoms with Gasteiger partial charge in [0, 0.05) is 12.3 Å². The zero-order valence-electron chi connectivity index (χ0n) is 9.12. The molecule has 0 saturated carbocycles. The minimum atomic E-state index is -4.27. The van der Waals surface area contributed by atoms with Crippen LogP contribution in [0.15, 0.2) is 18.2 Å². The summed E-state index contributed by atoms with van der Waals surface area (Å²) in [6, 6.07) is 4.01. The van der Waals surface area contributed by atoms with E-state index < -0.39 is 11.5 Å². The molecule has 4 N–H and O–H groups in total. The van der Waals surface area contributed by atoms with Gasteiger partial charge in [-0.1, -0.05) is 0 Å². The van der Waals surface area contributed by atoms with Gasteiger partial charge < -0.3 is 16.2 Å². The minimum absolute atomic E-state index is 0.0233. The van der Waals surface area contributed by atoms with Gasteiger partial charge in [-0.25, -0.2) is 4.79 Å². The number of nitrogens with two attached hydrogens (primary N) is 1. The molecule has 1 rings (SSSR count). The summed E-state index contributed by atoms with van der Waals surface area (Å²) < 4.78 is 35.6. The summed E-state index contributed by atoms with van der Waals surface area (Å²) in [5.74, 6) is -1.30. The Hall–Kier alpha value is -1.57. The third kappa shape index (κ3) is 4.74. The van der Waals surface area contributed by atoms with E-state index in [9.17, 15) is 18.0 Å². The molecule has 0 radical (unpaired) electrons. The first kappa shape index (κ1) is 14.5. The van der Waals surface area contributed by atoms with Gasteiger partial charge in [-0.15, -0.1) is 0 Å². The van der Waals surface area contributed by atoms with Gasteiger partial charge >= 0.3 is 11.5 Å². The Morgan fingerprint density at radius 2 is 2.11 bits per heavy atom. The van der Waals surface area contributed by atoms with Gasteiger partial charge in [-0.2, -0.15) is 13.2 Å². The number of carboxylic acid groups (broad SMARTS) is 1. The molecule has 0 atom stereocenters. The van der Waals surface area contributed by atoms with Crippen LogP contribution in [0.2, 0.25) is 0 Å². The Morgan fingerprint density at radius 1 is 1.44 bits per heavy atom. The molecule has 0 aliphatic rings. The van der Waals surface area contributed by atoms with E-state index in [-0.39, 0.29) is 35.3 Å². The van der Waals surface area contributed by atoms with Crippen molar-refractivity contribution in [2.75, 3.05) is 23.3 Å². The molecule has 0 aliphatic carbocycles.